The van der Waals surface area contributed by atoms with Gasteiger partial charge in [0.25, 0.3) is 5.91 Å². The zero-order chi connectivity index (χ0) is 45.5. The van der Waals surface area contributed by atoms with Gasteiger partial charge in [-0.05, 0) is 82.6 Å². The van der Waals surface area contributed by atoms with Gasteiger partial charge in [0.15, 0.2) is 5.78 Å². The van der Waals surface area contributed by atoms with E-state index >= 15 is 0 Å². The number of aliphatic hydroxyl groups excluding tert-OH is 1. The number of aliphatic hydroxyl groups is 1. The number of nitrogens with zero attached hydrogens (tertiary/aromatic N) is 2. The predicted octanol–water partition coefficient (Wildman–Crippen LogP) is 3.29. The predicted molar refractivity (Wildman–Crippen MR) is 222 cm³/mol. The minimum atomic E-state index is -5.19. The van der Waals surface area contributed by atoms with Crippen molar-refractivity contribution < 1.29 is 62.9 Å². The highest BCUT2D eigenvalue weighted by molar-refractivity contribution is 5.94. The fraction of sp³-hybridized carbons (Fsp3) is 0.283. The van der Waals surface area contributed by atoms with E-state index in [1.54, 1.807) is 24.3 Å². The first-order valence-electron chi connectivity index (χ1n) is 19.5. The lowest BCUT2D eigenvalue weighted by atomic mass is 9.99. The maximum atomic E-state index is 12.1. The number of esters is 1. The highest BCUT2D eigenvalue weighted by atomic mass is 19.4. The number of alkyl halides is 3. The highest BCUT2D eigenvalue weighted by Gasteiger charge is 2.29. The number of aliphatic carboxylic acids is 1. The number of carboxylic acid groups (broad SMARTS) is 2. The van der Waals surface area contributed by atoms with Crippen LogP contribution in [0, 0.1) is 0 Å². The quantitative estimate of drug-likeness (QED) is 0.120. The summed E-state index contributed by atoms with van der Waals surface area (Å²) in [6.07, 6.45) is 2.76. The molecule has 6 rings (SSSR count). The Balaban J connectivity index is 0.000000255. The van der Waals surface area contributed by atoms with Gasteiger partial charge in [-0.2, -0.15) is 13.2 Å². The Morgan fingerprint density at radius 1 is 0.742 bits per heavy atom. The molecule has 4 aromatic rings. The van der Waals surface area contributed by atoms with Crippen LogP contribution in [-0.2, 0) is 58.1 Å². The van der Waals surface area contributed by atoms with Gasteiger partial charge in [-0.25, -0.2) is 9.59 Å². The van der Waals surface area contributed by atoms with E-state index in [9.17, 15) is 32.3 Å². The average molecular weight is 861 g/mol. The number of rotatable bonds is 12. The molecule has 2 aliphatic heterocycles. The van der Waals surface area contributed by atoms with Crippen LogP contribution in [0.2, 0.25) is 0 Å². The molecule has 16 heteroatoms. The number of amides is 1. The minimum Gasteiger partial charge on any atom is -0.542 e. The molecular weight excluding hydrogens is 810 g/mol. The second-order valence-corrected chi connectivity index (χ2v) is 13.9. The summed E-state index contributed by atoms with van der Waals surface area (Å²) in [5.74, 6) is -4.75. The number of aromatic carboxylic acids is 1. The SMILES string of the molecule is COC(=O)/C=C/CNC(=O)c1ccc(CN2CCc3ccccc3C2)cc1.O=C(O)c1ccc(CN2CCc3ccccc3C2)cc1.O=C([O-])C(F)(F)F.[NH3+]C/C=C/C(=O)CO. The summed E-state index contributed by atoms with van der Waals surface area (Å²) in [4.78, 5) is 57.7. The molecule has 0 fully saturated rings. The number of carboxylic acids is 2. The zero-order valence-electron chi connectivity index (χ0n) is 34.3. The van der Waals surface area contributed by atoms with E-state index in [0.29, 0.717) is 17.7 Å². The maximum Gasteiger partial charge on any atom is 0.430 e. The van der Waals surface area contributed by atoms with Gasteiger partial charge in [0.05, 0.1) is 19.2 Å². The van der Waals surface area contributed by atoms with Crippen molar-refractivity contribution in [3.8, 4) is 0 Å². The van der Waals surface area contributed by atoms with Crippen LogP contribution in [0.25, 0.3) is 0 Å². The molecule has 62 heavy (non-hydrogen) atoms. The molecule has 0 spiro atoms. The first-order valence-corrected chi connectivity index (χ1v) is 19.5. The topological polar surface area (TPSA) is 204 Å². The molecule has 0 atom stereocenters. The lowest BCUT2D eigenvalue weighted by Crippen LogP contribution is -2.49. The fourth-order valence-corrected chi connectivity index (χ4v) is 6.15. The molecule has 0 aromatic heterocycles. The van der Waals surface area contributed by atoms with Gasteiger partial charge in [0.2, 0.25) is 0 Å². The summed E-state index contributed by atoms with van der Waals surface area (Å²) in [6, 6.07) is 32.0. The summed E-state index contributed by atoms with van der Waals surface area (Å²) in [7, 11) is 1.31. The smallest absolute Gasteiger partial charge is 0.430 e. The molecule has 0 unspecified atom stereocenters. The zero-order valence-corrected chi connectivity index (χ0v) is 34.3. The number of hydrogen-bond donors (Lipinski definition) is 4. The van der Waals surface area contributed by atoms with Crippen LogP contribution in [-0.4, -0.2) is 95.7 Å². The molecule has 0 aliphatic carbocycles. The van der Waals surface area contributed by atoms with E-state index in [1.807, 2.05) is 36.4 Å². The summed E-state index contributed by atoms with van der Waals surface area (Å²) >= 11 is 0. The van der Waals surface area contributed by atoms with Crippen LogP contribution >= 0.6 is 0 Å². The van der Waals surface area contributed by atoms with E-state index in [4.69, 9.17) is 20.1 Å². The number of benzene rings is 4. The van der Waals surface area contributed by atoms with Crippen LogP contribution in [0.5, 0.6) is 0 Å². The first kappa shape index (κ1) is 49.9. The monoisotopic (exact) mass is 860 g/mol. The van der Waals surface area contributed by atoms with Crippen molar-refractivity contribution in [2.45, 2.75) is 45.2 Å². The number of fused-ring (bicyclic) bond motifs is 2. The van der Waals surface area contributed by atoms with Crippen LogP contribution in [0.15, 0.2) is 121 Å². The van der Waals surface area contributed by atoms with Crippen molar-refractivity contribution in [3.63, 3.8) is 0 Å². The van der Waals surface area contributed by atoms with Crippen LogP contribution in [0.3, 0.4) is 0 Å². The number of carbonyl (C=O) groups is 5. The molecule has 0 saturated carbocycles. The largest absolute Gasteiger partial charge is 0.542 e. The third-order valence-electron chi connectivity index (χ3n) is 9.34. The van der Waals surface area contributed by atoms with Crippen molar-refractivity contribution in [1.29, 1.82) is 0 Å². The van der Waals surface area contributed by atoms with Gasteiger partial charge in [0, 0.05) is 57.5 Å². The number of ether oxygens (including phenoxy) is 1. The lowest BCUT2D eigenvalue weighted by Gasteiger charge is -2.28. The molecule has 2 heterocycles. The van der Waals surface area contributed by atoms with Crippen LogP contribution < -0.4 is 16.2 Å². The molecule has 330 valence electrons. The highest BCUT2D eigenvalue weighted by Crippen LogP contribution is 2.22. The van der Waals surface area contributed by atoms with Crippen LogP contribution in [0.1, 0.15) is 54.1 Å². The Hall–Kier alpha value is -6.46. The molecule has 2 aliphatic rings. The molecule has 6 N–H and O–H groups in total. The summed E-state index contributed by atoms with van der Waals surface area (Å²) in [5.41, 5.74) is 12.5. The number of hydrogen-bond acceptors (Lipinski definition) is 10. The summed E-state index contributed by atoms with van der Waals surface area (Å²) in [6.45, 7) is 6.24. The normalized spacial score (nSPS) is 13.5. The Morgan fingerprint density at radius 2 is 1.19 bits per heavy atom. The third kappa shape index (κ3) is 18.0. The Labute approximate surface area is 357 Å². The van der Waals surface area contributed by atoms with E-state index in [-0.39, 0.29) is 18.2 Å². The van der Waals surface area contributed by atoms with Crippen molar-refractivity contribution in [2.24, 2.45) is 0 Å². The summed E-state index contributed by atoms with van der Waals surface area (Å²) in [5, 5.41) is 28.6. The second-order valence-electron chi connectivity index (χ2n) is 13.9. The van der Waals surface area contributed by atoms with Crippen molar-refractivity contribution >= 4 is 29.6 Å². The van der Waals surface area contributed by atoms with Crippen molar-refractivity contribution in [3.05, 3.63) is 166 Å². The van der Waals surface area contributed by atoms with Crippen molar-refractivity contribution in [2.75, 3.05) is 39.9 Å². The molecule has 0 radical (unpaired) electrons. The first-order chi connectivity index (χ1) is 29.6. The van der Waals surface area contributed by atoms with Gasteiger partial charge < -0.3 is 35.9 Å². The van der Waals surface area contributed by atoms with Gasteiger partial charge in [-0.1, -0.05) is 78.9 Å². The average Bonchev–Trinajstić information content (AvgIpc) is 3.27. The standard InChI is InChI=1S/C22H24N2O3.C17H17NO2.C5H9NO2.C2HF3O2/c1-27-21(25)7-4-13-23-22(26)19-10-8-17(9-11-19)15-24-14-12-18-5-2-3-6-20(18)16-24;19-17(20)15-7-5-13(6-8-15)11-18-10-9-14-3-1-2-4-16(14)12-18;6-3-1-2-5(8)4-7;3-2(4,5)1(6)7/h2-11H,12-16H2,1H3,(H,23,26);1-8H,9-12H2,(H,19,20);1-2,7H,3-4,6H2;(H,6,7)/b7-4+;;2-1+;. The Kier molecular flexibility index (Phi) is 20.9. The second kappa shape index (κ2) is 26.0. The van der Waals surface area contributed by atoms with E-state index < -0.39 is 30.7 Å². The fourth-order valence-electron chi connectivity index (χ4n) is 6.15. The molecule has 4 aromatic carbocycles. The van der Waals surface area contributed by atoms with Crippen molar-refractivity contribution in [1.82, 2.24) is 15.1 Å². The van der Waals surface area contributed by atoms with Gasteiger partial charge >= 0.3 is 18.1 Å². The van der Waals surface area contributed by atoms with E-state index in [1.165, 1.54) is 47.1 Å². The molecule has 0 saturated heterocycles. The van der Waals surface area contributed by atoms with E-state index in [0.717, 1.165) is 57.7 Å². The van der Waals surface area contributed by atoms with Gasteiger partial charge in [-0.15, -0.1) is 0 Å². The third-order valence-corrected chi connectivity index (χ3v) is 9.34. The number of nitrogens with one attached hydrogen (secondary N) is 1. The number of halogens is 3. The maximum absolute atomic E-state index is 12.1. The minimum absolute atomic E-state index is 0.164. The Bertz CT molecular complexity index is 2140. The van der Waals surface area contributed by atoms with Gasteiger partial charge in [-0.3, -0.25) is 19.4 Å². The number of quaternary nitrogens is 1. The van der Waals surface area contributed by atoms with E-state index in [2.05, 4.69) is 74.1 Å². The summed E-state index contributed by atoms with van der Waals surface area (Å²) < 4.78 is 36.0. The number of ketones is 1. The molecular formula is C46H51F3N4O9. The number of carbonyl (C=O) groups excluding carboxylic acids is 4. The molecule has 13 nitrogen and oxygen atoms in total. The molecule has 0 bridgehead atoms. The molecule has 1 amide bonds. The number of methoxy groups -OCH3 is 1. The Morgan fingerprint density at radius 3 is 1.60 bits per heavy atom. The lowest BCUT2D eigenvalue weighted by molar-refractivity contribution is -0.352. The van der Waals surface area contributed by atoms with Gasteiger partial charge in [0.1, 0.15) is 12.6 Å². The van der Waals surface area contributed by atoms with Crippen LogP contribution in [0.4, 0.5) is 13.2 Å².